The lowest BCUT2D eigenvalue weighted by Gasteiger charge is -2.33. The Morgan fingerprint density at radius 2 is 1.63 bits per heavy atom. The van der Waals surface area contributed by atoms with E-state index in [4.69, 9.17) is 14.3 Å². The summed E-state index contributed by atoms with van der Waals surface area (Å²) in [4.78, 5) is 19.5. The molecule has 160 valence electrons. The maximum Gasteiger partial charge on any atom is 0.282 e. The van der Waals surface area contributed by atoms with Crippen molar-refractivity contribution in [2.45, 2.75) is 60.0 Å². The Labute approximate surface area is 179 Å². The van der Waals surface area contributed by atoms with Crippen molar-refractivity contribution in [3.8, 4) is 0 Å². The molecule has 0 saturated carbocycles. The quantitative estimate of drug-likeness (QED) is 0.598. The van der Waals surface area contributed by atoms with Crippen LogP contribution in [0.5, 0.6) is 0 Å². The average molecular weight is 410 g/mol. The van der Waals surface area contributed by atoms with Crippen molar-refractivity contribution in [2.24, 2.45) is 0 Å². The lowest BCUT2D eigenvalue weighted by Crippen LogP contribution is -2.46. The second-order valence-corrected chi connectivity index (χ2v) is 8.32. The number of carbonyl (C=O) groups excluding carboxylic acids is 1. The number of benzene rings is 2. The molecule has 1 aliphatic heterocycles. The molecule has 0 spiro atoms. The van der Waals surface area contributed by atoms with E-state index < -0.39 is 11.8 Å². The van der Waals surface area contributed by atoms with Crippen LogP contribution in [0.2, 0.25) is 0 Å². The van der Waals surface area contributed by atoms with Gasteiger partial charge < -0.3 is 9.47 Å². The highest BCUT2D eigenvalue weighted by atomic mass is 16.8. The molecule has 2 aromatic rings. The van der Waals surface area contributed by atoms with Gasteiger partial charge in [-0.15, -0.1) is 0 Å². The highest BCUT2D eigenvalue weighted by Crippen LogP contribution is 2.43. The fourth-order valence-corrected chi connectivity index (χ4v) is 4.00. The summed E-state index contributed by atoms with van der Waals surface area (Å²) < 4.78 is 11.6. The maximum absolute atomic E-state index is 13.6. The van der Waals surface area contributed by atoms with E-state index in [0.29, 0.717) is 17.9 Å². The standard InChI is InChI=1S/C25H31NO4/c1-16-13-17(2)21(18(3)14-16)22-23(29-15-20-11-9-8-10-12-20)25(5,6)26(24(22)27)30-19(4)28-7/h8-14,19H,15H2,1-7H3. The molecular weight excluding hydrogens is 378 g/mol. The summed E-state index contributed by atoms with van der Waals surface area (Å²) in [6.45, 7) is 12.1. The third-order valence-electron chi connectivity index (χ3n) is 5.43. The van der Waals surface area contributed by atoms with Crippen LogP contribution in [0.4, 0.5) is 0 Å². The van der Waals surface area contributed by atoms with Crippen LogP contribution in [0.3, 0.4) is 0 Å². The van der Waals surface area contributed by atoms with Gasteiger partial charge in [0, 0.05) is 7.11 Å². The van der Waals surface area contributed by atoms with Crippen molar-refractivity contribution in [3.05, 3.63) is 76.0 Å². The van der Waals surface area contributed by atoms with Crippen LogP contribution in [0.15, 0.2) is 48.2 Å². The summed E-state index contributed by atoms with van der Waals surface area (Å²) >= 11 is 0. The molecule has 0 bridgehead atoms. The first-order valence-electron chi connectivity index (χ1n) is 10.2. The number of hydroxylamine groups is 2. The number of hydrogen-bond acceptors (Lipinski definition) is 4. The van der Waals surface area contributed by atoms with E-state index in [1.54, 1.807) is 14.0 Å². The number of amides is 1. The van der Waals surface area contributed by atoms with Crippen LogP contribution < -0.4 is 0 Å². The van der Waals surface area contributed by atoms with Crippen LogP contribution in [-0.4, -0.2) is 29.9 Å². The largest absolute Gasteiger partial charge is 0.490 e. The fourth-order valence-electron chi connectivity index (χ4n) is 4.00. The third-order valence-corrected chi connectivity index (χ3v) is 5.43. The van der Waals surface area contributed by atoms with Gasteiger partial charge in [0.05, 0.1) is 5.57 Å². The predicted octanol–water partition coefficient (Wildman–Crippen LogP) is 5.08. The van der Waals surface area contributed by atoms with Crippen molar-refractivity contribution < 1.29 is 19.1 Å². The van der Waals surface area contributed by atoms with Gasteiger partial charge in [0.2, 0.25) is 0 Å². The molecule has 30 heavy (non-hydrogen) atoms. The number of carbonyl (C=O) groups is 1. The summed E-state index contributed by atoms with van der Waals surface area (Å²) in [5, 5.41) is 1.38. The van der Waals surface area contributed by atoms with Gasteiger partial charge in [-0.2, -0.15) is 0 Å². The monoisotopic (exact) mass is 409 g/mol. The Hall–Kier alpha value is -2.63. The van der Waals surface area contributed by atoms with Gasteiger partial charge in [-0.1, -0.05) is 48.0 Å². The molecule has 0 radical (unpaired) electrons. The molecule has 1 amide bonds. The average Bonchev–Trinajstić information content (AvgIpc) is 2.86. The van der Waals surface area contributed by atoms with Gasteiger partial charge in [0.25, 0.3) is 5.91 Å². The zero-order chi connectivity index (χ0) is 22.1. The highest BCUT2D eigenvalue weighted by Gasteiger charge is 2.50. The Morgan fingerprint density at radius 1 is 1.03 bits per heavy atom. The fraction of sp³-hybridized carbons (Fsp3) is 0.400. The number of methoxy groups -OCH3 is 1. The summed E-state index contributed by atoms with van der Waals surface area (Å²) in [5.41, 5.74) is 4.93. The molecule has 5 nitrogen and oxygen atoms in total. The summed E-state index contributed by atoms with van der Waals surface area (Å²) in [6, 6.07) is 14.1. The van der Waals surface area contributed by atoms with E-state index in [1.165, 1.54) is 5.06 Å². The van der Waals surface area contributed by atoms with E-state index in [0.717, 1.165) is 27.8 Å². The van der Waals surface area contributed by atoms with Crippen molar-refractivity contribution in [1.82, 2.24) is 5.06 Å². The van der Waals surface area contributed by atoms with Gasteiger partial charge in [-0.25, -0.2) is 9.90 Å². The minimum absolute atomic E-state index is 0.220. The number of ether oxygens (including phenoxy) is 2. The predicted molar refractivity (Wildman–Crippen MR) is 117 cm³/mol. The van der Waals surface area contributed by atoms with Gasteiger partial charge in [-0.3, -0.25) is 4.79 Å². The van der Waals surface area contributed by atoms with Gasteiger partial charge in [0.15, 0.2) is 6.29 Å². The Morgan fingerprint density at radius 3 is 2.20 bits per heavy atom. The molecule has 0 aromatic heterocycles. The lowest BCUT2D eigenvalue weighted by atomic mass is 9.91. The van der Waals surface area contributed by atoms with Gasteiger partial charge >= 0.3 is 0 Å². The molecule has 0 aliphatic carbocycles. The van der Waals surface area contributed by atoms with Crippen molar-refractivity contribution >= 4 is 11.5 Å². The summed E-state index contributed by atoms with van der Waals surface area (Å²) in [7, 11) is 1.55. The SMILES string of the molecule is COC(C)ON1C(=O)C(c2c(C)cc(C)cc2C)=C(OCc2ccccc2)C1(C)C. The number of nitrogens with zero attached hydrogens (tertiary/aromatic N) is 1. The van der Waals surface area contributed by atoms with Crippen LogP contribution in [0.1, 0.15) is 48.6 Å². The first-order valence-corrected chi connectivity index (χ1v) is 10.2. The van der Waals surface area contributed by atoms with Crippen LogP contribution in [-0.2, 0) is 25.7 Å². The molecule has 0 saturated heterocycles. The first kappa shape index (κ1) is 22.1. The van der Waals surface area contributed by atoms with Crippen molar-refractivity contribution in [2.75, 3.05) is 7.11 Å². The number of hydrogen-bond donors (Lipinski definition) is 0. The topological polar surface area (TPSA) is 48.0 Å². The molecule has 2 aromatic carbocycles. The Bertz CT molecular complexity index is 939. The second-order valence-electron chi connectivity index (χ2n) is 8.32. The Kier molecular flexibility index (Phi) is 6.34. The zero-order valence-corrected chi connectivity index (χ0v) is 18.9. The van der Waals surface area contributed by atoms with Gasteiger partial charge in [0.1, 0.15) is 17.9 Å². The van der Waals surface area contributed by atoms with E-state index in [-0.39, 0.29) is 5.91 Å². The zero-order valence-electron chi connectivity index (χ0n) is 18.9. The van der Waals surface area contributed by atoms with E-state index in [1.807, 2.05) is 58.0 Å². The van der Waals surface area contributed by atoms with E-state index in [9.17, 15) is 4.79 Å². The molecule has 1 aliphatic rings. The lowest BCUT2D eigenvalue weighted by molar-refractivity contribution is -0.277. The van der Waals surface area contributed by atoms with Crippen LogP contribution in [0.25, 0.3) is 5.57 Å². The first-order chi connectivity index (χ1) is 14.2. The Balaban J connectivity index is 2.11. The minimum atomic E-state index is -0.794. The maximum atomic E-state index is 13.6. The summed E-state index contributed by atoms with van der Waals surface area (Å²) in [6.07, 6.45) is -0.567. The van der Waals surface area contributed by atoms with Crippen LogP contribution in [0, 0.1) is 20.8 Å². The molecule has 1 heterocycles. The molecule has 1 atom stereocenters. The molecular formula is C25H31NO4. The minimum Gasteiger partial charge on any atom is -0.490 e. The molecule has 1 unspecified atom stereocenters. The van der Waals surface area contributed by atoms with Crippen molar-refractivity contribution in [3.63, 3.8) is 0 Å². The highest BCUT2D eigenvalue weighted by molar-refractivity contribution is 6.23. The number of rotatable bonds is 7. The molecule has 0 fully saturated rings. The number of aryl methyl sites for hydroxylation is 3. The smallest absolute Gasteiger partial charge is 0.282 e. The molecule has 5 heteroatoms. The second kappa shape index (κ2) is 8.62. The summed E-state index contributed by atoms with van der Waals surface area (Å²) in [5.74, 6) is 0.386. The van der Waals surface area contributed by atoms with Gasteiger partial charge in [-0.05, 0) is 63.8 Å². The van der Waals surface area contributed by atoms with Crippen molar-refractivity contribution in [1.29, 1.82) is 0 Å². The molecule has 0 N–H and O–H groups in total. The molecule has 3 rings (SSSR count). The van der Waals surface area contributed by atoms with E-state index >= 15 is 0 Å². The normalized spacial score (nSPS) is 16.9. The van der Waals surface area contributed by atoms with Crippen LogP contribution >= 0.6 is 0 Å². The van der Waals surface area contributed by atoms with E-state index in [2.05, 4.69) is 19.1 Å². The third kappa shape index (κ3) is 4.13.